The molecule has 0 bridgehead atoms. The van der Waals surface area contributed by atoms with E-state index < -0.39 is 10.0 Å². The standard InChI is InChI=1S/C24H27N3O6S/c28-23(26-20-4-2-1-3-19(20)24(29)25-17-5-6-17)16-9-11-27(12-10-16)34(30,31)18-7-8-21-22(15-18)33-14-13-32-21/h1-4,7-8,15-17H,5-6,9-14H2,(H,25,29)(H,26,28). The monoisotopic (exact) mass is 485 g/mol. The fourth-order valence-corrected chi connectivity index (χ4v) is 5.69. The number of ether oxygens (including phenoxy) is 2. The lowest BCUT2D eigenvalue weighted by Gasteiger charge is -2.31. The minimum absolute atomic E-state index is 0.148. The Hall–Kier alpha value is -3.11. The van der Waals surface area contributed by atoms with Gasteiger partial charge in [-0.15, -0.1) is 0 Å². The van der Waals surface area contributed by atoms with E-state index in [9.17, 15) is 18.0 Å². The number of benzene rings is 2. The maximum atomic E-state index is 13.1. The molecule has 34 heavy (non-hydrogen) atoms. The Balaban J connectivity index is 1.22. The van der Waals surface area contributed by atoms with Gasteiger partial charge in [0.1, 0.15) is 13.2 Å². The smallest absolute Gasteiger partial charge is 0.253 e. The number of sulfonamides is 1. The van der Waals surface area contributed by atoms with Crippen molar-refractivity contribution in [1.82, 2.24) is 9.62 Å². The maximum Gasteiger partial charge on any atom is 0.253 e. The van der Waals surface area contributed by atoms with E-state index in [4.69, 9.17) is 9.47 Å². The zero-order valence-corrected chi connectivity index (χ0v) is 19.5. The second-order valence-electron chi connectivity index (χ2n) is 8.77. The summed E-state index contributed by atoms with van der Waals surface area (Å²) in [5.41, 5.74) is 0.901. The second-order valence-corrected chi connectivity index (χ2v) is 10.7. The number of piperidine rings is 1. The first-order valence-electron chi connectivity index (χ1n) is 11.5. The van der Waals surface area contributed by atoms with E-state index in [-0.39, 0.29) is 41.8 Å². The van der Waals surface area contributed by atoms with Crippen LogP contribution >= 0.6 is 0 Å². The molecule has 0 unspecified atom stereocenters. The molecule has 180 valence electrons. The molecule has 2 N–H and O–H groups in total. The Morgan fingerprint density at radius 2 is 1.62 bits per heavy atom. The predicted octanol–water partition coefficient (Wildman–Crippen LogP) is 2.39. The third kappa shape index (κ3) is 4.74. The summed E-state index contributed by atoms with van der Waals surface area (Å²) in [6.07, 6.45) is 2.75. The lowest BCUT2D eigenvalue weighted by Crippen LogP contribution is -2.41. The number of hydrogen-bond donors (Lipinski definition) is 2. The van der Waals surface area contributed by atoms with E-state index in [2.05, 4.69) is 10.6 Å². The van der Waals surface area contributed by atoms with Crippen molar-refractivity contribution in [3.63, 3.8) is 0 Å². The highest BCUT2D eigenvalue weighted by atomic mass is 32.2. The van der Waals surface area contributed by atoms with E-state index >= 15 is 0 Å². The molecule has 1 saturated carbocycles. The van der Waals surface area contributed by atoms with Crippen molar-refractivity contribution in [2.45, 2.75) is 36.6 Å². The molecule has 0 aromatic heterocycles. The number of anilines is 1. The quantitative estimate of drug-likeness (QED) is 0.650. The molecule has 0 atom stereocenters. The fraction of sp³-hybridized carbons (Fsp3) is 0.417. The van der Waals surface area contributed by atoms with E-state index in [0.29, 0.717) is 48.8 Å². The number of carbonyl (C=O) groups excluding carboxylic acids is 2. The summed E-state index contributed by atoms with van der Waals surface area (Å²) >= 11 is 0. The van der Waals surface area contributed by atoms with Crippen LogP contribution in [0.1, 0.15) is 36.0 Å². The molecule has 3 aliphatic rings. The Morgan fingerprint density at radius 1 is 0.912 bits per heavy atom. The molecule has 2 heterocycles. The summed E-state index contributed by atoms with van der Waals surface area (Å²) in [5, 5.41) is 5.82. The molecule has 9 nitrogen and oxygen atoms in total. The van der Waals surface area contributed by atoms with Crippen LogP contribution in [0.15, 0.2) is 47.4 Å². The molecular formula is C24H27N3O6S. The summed E-state index contributed by atoms with van der Waals surface area (Å²) < 4.78 is 38.7. The minimum Gasteiger partial charge on any atom is -0.486 e. The lowest BCUT2D eigenvalue weighted by molar-refractivity contribution is -0.120. The van der Waals surface area contributed by atoms with Crippen molar-refractivity contribution >= 4 is 27.5 Å². The first-order chi connectivity index (χ1) is 16.4. The zero-order valence-electron chi connectivity index (χ0n) is 18.7. The number of rotatable bonds is 6. The summed E-state index contributed by atoms with van der Waals surface area (Å²) in [6, 6.07) is 11.8. The van der Waals surface area contributed by atoms with Gasteiger partial charge in [0.05, 0.1) is 16.1 Å². The molecule has 2 aliphatic heterocycles. The molecule has 2 aromatic carbocycles. The third-order valence-corrected chi connectivity index (χ3v) is 8.21. The van der Waals surface area contributed by atoms with Gasteiger partial charge in [0.25, 0.3) is 5.91 Å². The van der Waals surface area contributed by atoms with Gasteiger partial charge < -0.3 is 20.1 Å². The van der Waals surface area contributed by atoms with Gasteiger partial charge in [-0.05, 0) is 49.9 Å². The number of para-hydroxylation sites is 1. The van der Waals surface area contributed by atoms with Crippen molar-refractivity contribution in [2.24, 2.45) is 5.92 Å². The second kappa shape index (κ2) is 9.27. The molecule has 5 rings (SSSR count). The Labute approximate surface area is 198 Å². The number of amides is 2. The molecular weight excluding hydrogens is 458 g/mol. The van der Waals surface area contributed by atoms with Gasteiger partial charge in [0.15, 0.2) is 11.5 Å². The van der Waals surface area contributed by atoms with Gasteiger partial charge in [-0.2, -0.15) is 4.31 Å². The van der Waals surface area contributed by atoms with Crippen LogP contribution in [-0.2, 0) is 14.8 Å². The number of carbonyl (C=O) groups is 2. The van der Waals surface area contributed by atoms with Crippen LogP contribution in [0.5, 0.6) is 11.5 Å². The Morgan fingerprint density at radius 3 is 2.35 bits per heavy atom. The van der Waals surface area contributed by atoms with Crippen molar-refractivity contribution in [2.75, 3.05) is 31.6 Å². The summed E-state index contributed by atoms with van der Waals surface area (Å²) in [6.45, 7) is 1.28. The van der Waals surface area contributed by atoms with Gasteiger partial charge in [-0.25, -0.2) is 8.42 Å². The SMILES string of the molecule is O=C(NC1CC1)c1ccccc1NC(=O)C1CCN(S(=O)(=O)c2ccc3c(c2)OCCO3)CC1. The van der Waals surface area contributed by atoms with Gasteiger partial charge >= 0.3 is 0 Å². The van der Waals surface area contributed by atoms with Crippen molar-refractivity contribution in [3.05, 3.63) is 48.0 Å². The highest BCUT2D eigenvalue weighted by molar-refractivity contribution is 7.89. The molecule has 0 radical (unpaired) electrons. The van der Waals surface area contributed by atoms with Crippen LogP contribution in [0.4, 0.5) is 5.69 Å². The highest BCUT2D eigenvalue weighted by Crippen LogP contribution is 2.34. The Bertz CT molecular complexity index is 1200. The van der Waals surface area contributed by atoms with E-state index in [1.54, 1.807) is 30.3 Å². The molecule has 2 amide bonds. The Kier molecular flexibility index (Phi) is 6.18. The zero-order chi connectivity index (χ0) is 23.7. The fourth-order valence-electron chi connectivity index (χ4n) is 4.21. The molecule has 2 aromatic rings. The van der Waals surface area contributed by atoms with E-state index in [1.807, 2.05) is 0 Å². The number of hydrogen-bond acceptors (Lipinski definition) is 6. The summed E-state index contributed by atoms with van der Waals surface area (Å²) in [5.74, 6) is 0.214. The van der Waals surface area contributed by atoms with Crippen LogP contribution in [0.2, 0.25) is 0 Å². The largest absolute Gasteiger partial charge is 0.486 e. The maximum absolute atomic E-state index is 13.1. The highest BCUT2D eigenvalue weighted by Gasteiger charge is 2.33. The normalized spacial score (nSPS) is 18.8. The first-order valence-corrected chi connectivity index (χ1v) is 13.0. The van der Waals surface area contributed by atoms with Crippen LogP contribution in [-0.4, -0.2) is 56.9 Å². The van der Waals surface area contributed by atoms with Crippen LogP contribution in [0.25, 0.3) is 0 Å². The van der Waals surface area contributed by atoms with E-state index in [0.717, 1.165) is 12.8 Å². The molecule has 1 aliphatic carbocycles. The van der Waals surface area contributed by atoms with Crippen LogP contribution in [0, 0.1) is 5.92 Å². The van der Waals surface area contributed by atoms with Crippen LogP contribution in [0.3, 0.4) is 0 Å². The number of fused-ring (bicyclic) bond motifs is 1. The predicted molar refractivity (Wildman–Crippen MR) is 124 cm³/mol. The van der Waals surface area contributed by atoms with Gasteiger partial charge in [-0.3, -0.25) is 9.59 Å². The molecule has 10 heteroatoms. The number of nitrogens with zero attached hydrogens (tertiary/aromatic N) is 1. The van der Waals surface area contributed by atoms with Gasteiger partial charge in [-0.1, -0.05) is 12.1 Å². The van der Waals surface area contributed by atoms with Gasteiger partial charge in [0, 0.05) is 31.1 Å². The number of nitrogens with one attached hydrogen (secondary N) is 2. The molecule has 1 saturated heterocycles. The topological polar surface area (TPSA) is 114 Å². The minimum atomic E-state index is -3.71. The average molecular weight is 486 g/mol. The van der Waals surface area contributed by atoms with Crippen molar-refractivity contribution < 1.29 is 27.5 Å². The van der Waals surface area contributed by atoms with Crippen LogP contribution < -0.4 is 20.1 Å². The van der Waals surface area contributed by atoms with Crippen molar-refractivity contribution in [3.8, 4) is 11.5 Å². The van der Waals surface area contributed by atoms with E-state index in [1.165, 1.54) is 16.4 Å². The first kappa shape index (κ1) is 22.7. The van der Waals surface area contributed by atoms with Crippen molar-refractivity contribution in [1.29, 1.82) is 0 Å². The summed E-state index contributed by atoms with van der Waals surface area (Å²) in [4.78, 5) is 25.6. The lowest BCUT2D eigenvalue weighted by atomic mass is 9.97. The van der Waals surface area contributed by atoms with Gasteiger partial charge in [0.2, 0.25) is 15.9 Å². The third-order valence-electron chi connectivity index (χ3n) is 6.32. The molecule has 0 spiro atoms. The molecule has 2 fully saturated rings. The summed E-state index contributed by atoms with van der Waals surface area (Å²) in [7, 11) is -3.71. The average Bonchev–Trinajstić information content (AvgIpc) is 3.68.